The summed E-state index contributed by atoms with van der Waals surface area (Å²) in [7, 11) is 0. The van der Waals surface area contributed by atoms with Crippen LogP contribution in [-0.2, 0) is 22.6 Å². The molecule has 5 rings (SSSR count). The first-order chi connectivity index (χ1) is 15.1. The maximum absolute atomic E-state index is 13.8. The van der Waals surface area contributed by atoms with Crippen LogP contribution in [0.5, 0.6) is 0 Å². The second-order valence-corrected chi connectivity index (χ2v) is 9.01. The van der Waals surface area contributed by atoms with E-state index in [-0.39, 0.29) is 17.6 Å². The lowest BCUT2D eigenvalue weighted by atomic mass is 9.83. The molecule has 0 saturated carbocycles. The van der Waals surface area contributed by atoms with Gasteiger partial charge in [0.05, 0.1) is 6.61 Å². The van der Waals surface area contributed by atoms with Gasteiger partial charge in [0.2, 0.25) is 0 Å². The van der Waals surface area contributed by atoms with E-state index in [0.717, 1.165) is 16.7 Å². The van der Waals surface area contributed by atoms with Crippen LogP contribution in [0, 0.1) is 5.82 Å². The lowest BCUT2D eigenvalue weighted by Gasteiger charge is -2.42. The quantitative estimate of drug-likeness (QED) is 0.611. The first kappa shape index (κ1) is 20.3. The maximum atomic E-state index is 13.8. The van der Waals surface area contributed by atoms with E-state index in [1.807, 2.05) is 28.6 Å². The monoisotopic (exact) mass is 437 g/mol. The fourth-order valence-electron chi connectivity index (χ4n) is 4.72. The number of rotatable bonds is 5. The van der Waals surface area contributed by atoms with Gasteiger partial charge in [-0.05, 0) is 51.7 Å². The molecule has 2 aliphatic rings. The summed E-state index contributed by atoms with van der Waals surface area (Å²) in [6.45, 7) is 3.53. The van der Waals surface area contributed by atoms with Gasteiger partial charge in [0.15, 0.2) is 5.60 Å². The van der Waals surface area contributed by atoms with Crippen molar-refractivity contribution >= 4 is 17.2 Å². The molecule has 160 valence electrons. The van der Waals surface area contributed by atoms with Crippen LogP contribution in [0.25, 0.3) is 0 Å². The van der Waals surface area contributed by atoms with E-state index in [1.54, 1.807) is 29.7 Å². The third-order valence-electron chi connectivity index (χ3n) is 6.19. The van der Waals surface area contributed by atoms with Crippen molar-refractivity contribution in [3.63, 3.8) is 0 Å². The number of carbonyl (C=O) groups excluding carboxylic acids is 1. The van der Waals surface area contributed by atoms with Crippen LogP contribution in [0.4, 0.5) is 4.39 Å². The van der Waals surface area contributed by atoms with Crippen molar-refractivity contribution in [3.8, 4) is 0 Å². The number of hydrogen-bond acceptors (Lipinski definition) is 5. The second-order valence-electron chi connectivity index (χ2n) is 8.23. The molecule has 2 saturated heterocycles. The number of benzene rings is 1. The standard InChI is InChI=1S/C24H24FN3O2S/c25-21-5-3-18(4-6-21)13-27-15-22(20-2-1-8-26-12-20)24(17-27)23(29)28(9-10-30-24)14-19-7-11-31-16-19/h1-8,11-12,16,22H,9-10,13-15,17H2/t22-,24-/m0/s1. The molecule has 2 aromatic heterocycles. The zero-order chi connectivity index (χ0) is 21.3. The normalized spacial score (nSPS) is 24.2. The summed E-state index contributed by atoms with van der Waals surface area (Å²) in [5.41, 5.74) is 2.24. The molecule has 31 heavy (non-hydrogen) atoms. The summed E-state index contributed by atoms with van der Waals surface area (Å²) in [4.78, 5) is 22.3. The number of pyridine rings is 1. The fourth-order valence-corrected chi connectivity index (χ4v) is 5.38. The largest absolute Gasteiger partial charge is 0.361 e. The highest BCUT2D eigenvalue weighted by Gasteiger charge is 2.56. The SMILES string of the molecule is O=C1N(Cc2ccsc2)CCO[C@]12CN(Cc1ccc(F)cc1)C[C@H]2c1cccnc1. The number of thiophene rings is 1. The highest BCUT2D eigenvalue weighted by atomic mass is 32.1. The predicted octanol–water partition coefficient (Wildman–Crippen LogP) is 3.68. The summed E-state index contributed by atoms with van der Waals surface area (Å²) in [5.74, 6) is -0.315. The summed E-state index contributed by atoms with van der Waals surface area (Å²) in [6, 6.07) is 12.5. The van der Waals surface area contributed by atoms with Gasteiger partial charge in [-0.25, -0.2) is 4.39 Å². The summed E-state index contributed by atoms with van der Waals surface area (Å²) < 4.78 is 19.7. The van der Waals surface area contributed by atoms with Crippen molar-refractivity contribution < 1.29 is 13.9 Å². The third kappa shape index (κ3) is 4.01. The molecule has 7 heteroatoms. The zero-order valence-electron chi connectivity index (χ0n) is 17.1. The van der Waals surface area contributed by atoms with E-state index in [9.17, 15) is 9.18 Å². The minimum atomic E-state index is -0.933. The van der Waals surface area contributed by atoms with Crippen molar-refractivity contribution in [2.45, 2.75) is 24.6 Å². The number of aromatic nitrogens is 1. The van der Waals surface area contributed by atoms with E-state index in [4.69, 9.17) is 4.74 Å². The highest BCUT2D eigenvalue weighted by molar-refractivity contribution is 7.07. The van der Waals surface area contributed by atoms with Crippen LogP contribution < -0.4 is 0 Å². The smallest absolute Gasteiger partial charge is 0.257 e. The lowest BCUT2D eigenvalue weighted by Crippen LogP contribution is -2.59. The van der Waals surface area contributed by atoms with Gasteiger partial charge >= 0.3 is 0 Å². The Bertz CT molecular complexity index is 1030. The fraction of sp³-hybridized carbons (Fsp3) is 0.333. The van der Waals surface area contributed by atoms with Crippen LogP contribution in [0.3, 0.4) is 0 Å². The number of carbonyl (C=O) groups is 1. The highest BCUT2D eigenvalue weighted by Crippen LogP contribution is 2.42. The molecule has 5 nitrogen and oxygen atoms in total. The molecule has 1 aromatic carbocycles. The number of nitrogens with zero attached hydrogens (tertiary/aromatic N) is 3. The Balaban J connectivity index is 1.44. The molecule has 0 N–H and O–H groups in total. The molecule has 1 amide bonds. The van der Waals surface area contributed by atoms with Gasteiger partial charge in [-0.15, -0.1) is 0 Å². The Hall–Kier alpha value is -2.61. The number of likely N-dealkylation sites (tertiary alicyclic amines) is 1. The first-order valence-electron chi connectivity index (χ1n) is 10.5. The van der Waals surface area contributed by atoms with Gasteiger partial charge in [0.25, 0.3) is 5.91 Å². The molecule has 0 radical (unpaired) electrons. The predicted molar refractivity (Wildman–Crippen MR) is 117 cm³/mol. The molecular formula is C24H24FN3O2S. The van der Waals surface area contributed by atoms with E-state index in [2.05, 4.69) is 21.3 Å². The van der Waals surface area contributed by atoms with E-state index >= 15 is 0 Å². The van der Waals surface area contributed by atoms with E-state index in [1.165, 1.54) is 12.1 Å². The Labute approximate surface area is 185 Å². The topological polar surface area (TPSA) is 45.7 Å². The number of morpholine rings is 1. The van der Waals surface area contributed by atoms with Crippen molar-refractivity contribution in [2.75, 3.05) is 26.2 Å². The van der Waals surface area contributed by atoms with Gasteiger partial charge in [0.1, 0.15) is 5.82 Å². The number of amides is 1. The van der Waals surface area contributed by atoms with Crippen LogP contribution in [0.2, 0.25) is 0 Å². The first-order valence-corrected chi connectivity index (χ1v) is 11.4. The summed E-state index contributed by atoms with van der Waals surface area (Å²) >= 11 is 1.64. The minimum absolute atomic E-state index is 0.0420. The van der Waals surface area contributed by atoms with E-state index < -0.39 is 5.60 Å². The summed E-state index contributed by atoms with van der Waals surface area (Å²) in [6.07, 6.45) is 3.58. The Morgan fingerprint density at radius 2 is 2.03 bits per heavy atom. The van der Waals surface area contributed by atoms with Gasteiger partial charge in [-0.3, -0.25) is 14.7 Å². The molecule has 1 spiro atoms. The molecular weight excluding hydrogens is 413 g/mol. The van der Waals surface area contributed by atoms with E-state index in [0.29, 0.717) is 39.3 Å². The molecule has 0 aliphatic carbocycles. The van der Waals surface area contributed by atoms with Crippen LogP contribution >= 0.6 is 11.3 Å². The second kappa shape index (κ2) is 8.49. The minimum Gasteiger partial charge on any atom is -0.361 e. The Kier molecular flexibility index (Phi) is 5.56. The van der Waals surface area contributed by atoms with Crippen molar-refractivity contribution in [1.29, 1.82) is 0 Å². The Morgan fingerprint density at radius 1 is 1.16 bits per heavy atom. The van der Waals surface area contributed by atoms with Crippen molar-refractivity contribution in [1.82, 2.24) is 14.8 Å². The molecule has 2 aliphatic heterocycles. The average molecular weight is 438 g/mol. The summed E-state index contributed by atoms with van der Waals surface area (Å²) in [5, 5.41) is 4.12. The number of halogens is 1. The van der Waals surface area contributed by atoms with Crippen molar-refractivity contribution in [2.24, 2.45) is 0 Å². The molecule has 4 heterocycles. The Morgan fingerprint density at radius 3 is 2.77 bits per heavy atom. The van der Waals surface area contributed by atoms with Gasteiger partial charge in [0, 0.05) is 51.0 Å². The average Bonchev–Trinajstić information content (AvgIpc) is 3.42. The molecule has 3 aromatic rings. The number of hydrogen-bond donors (Lipinski definition) is 0. The van der Waals surface area contributed by atoms with Gasteiger partial charge in [-0.1, -0.05) is 18.2 Å². The van der Waals surface area contributed by atoms with Crippen LogP contribution in [0.15, 0.2) is 65.6 Å². The molecule has 0 unspecified atom stereocenters. The van der Waals surface area contributed by atoms with Crippen molar-refractivity contribution in [3.05, 3.63) is 88.1 Å². The zero-order valence-corrected chi connectivity index (χ0v) is 17.9. The van der Waals surface area contributed by atoms with Crippen LogP contribution in [0.1, 0.15) is 22.6 Å². The lowest BCUT2D eigenvalue weighted by molar-refractivity contribution is -0.173. The van der Waals surface area contributed by atoms with Gasteiger partial charge < -0.3 is 9.64 Å². The maximum Gasteiger partial charge on any atom is 0.257 e. The third-order valence-corrected chi connectivity index (χ3v) is 6.92. The molecule has 0 bridgehead atoms. The number of ether oxygens (including phenoxy) is 1. The molecule has 2 fully saturated rings. The van der Waals surface area contributed by atoms with Gasteiger partial charge in [-0.2, -0.15) is 11.3 Å². The molecule has 2 atom stereocenters. The van der Waals surface area contributed by atoms with Crippen LogP contribution in [-0.4, -0.2) is 52.5 Å².